The van der Waals surface area contributed by atoms with Crippen LogP contribution < -0.4 is 0 Å². The van der Waals surface area contributed by atoms with Crippen molar-refractivity contribution in [3.8, 4) is 0 Å². The second-order valence-corrected chi connectivity index (χ2v) is 3.84. The zero-order valence-corrected chi connectivity index (χ0v) is 7.69. The molecule has 0 N–H and O–H groups in total. The van der Waals surface area contributed by atoms with E-state index in [1.165, 1.54) is 30.4 Å². The predicted molar refractivity (Wildman–Crippen MR) is 50.5 cm³/mol. The van der Waals surface area contributed by atoms with Crippen molar-refractivity contribution < 1.29 is 0 Å². The van der Waals surface area contributed by atoms with Crippen molar-refractivity contribution in [1.82, 2.24) is 0 Å². The third kappa shape index (κ3) is 1.74. The van der Waals surface area contributed by atoms with Gasteiger partial charge in [-0.1, -0.05) is 30.7 Å². The van der Waals surface area contributed by atoms with Gasteiger partial charge in [0.1, 0.15) is 0 Å². The van der Waals surface area contributed by atoms with Gasteiger partial charge in [-0.15, -0.1) is 0 Å². The highest BCUT2D eigenvalue weighted by atomic mass is 14.3. The van der Waals surface area contributed by atoms with E-state index in [4.69, 9.17) is 0 Å². The van der Waals surface area contributed by atoms with Crippen molar-refractivity contribution in [1.29, 1.82) is 0 Å². The van der Waals surface area contributed by atoms with E-state index >= 15 is 0 Å². The monoisotopic (exact) mass is 150 g/mol. The minimum Gasteiger partial charge on any atom is -0.0998 e. The highest BCUT2D eigenvalue weighted by Crippen LogP contribution is 2.39. The summed E-state index contributed by atoms with van der Waals surface area (Å²) < 4.78 is 0. The van der Waals surface area contributed by atoms with Gasteiger partial charge >= 0.3 is 0 Å². The van der Waals surface area contributed by atoms with Crippen LogP contribution in [0.3, 0.4) is 0 Å². The maximum Gasteiger partial charge on any atom is -0.0143 e. The molecular formula is C11H18. The molecule has 2 unspecified atom stereocenters. The first-order chi connectivity index (χ1) is 5.13. The highest BCUT2D eigenvalue weighted by Gasteiger charge is 2.27. The van der Waals surface area contributed by atoms with Gasteiger partial charge in [0.2, 0.25) is 0 Å². The highest BCUT2D eigenvalue weighted by molar-refractivity contribution is 5.11. The van der Waals surface area contributed by atoms with Gasteiger partial charge in [-0.25, -0.2) is 0 Å². The van der Waals surface area contributed by atoms with Crippen molar-refractivity contribution in [3.05, 3.63) is 24.3 Å². The smallest absolute Gasteiger partial charge is 0.0143 e. The summed E-state index contributed by atoms with van der Waals surface area (Å²) in [7, 11) is 0. The van der Waals surface area contributed by atoms with Crippen LogP contribution in [0, 0.1) is 11.8 Å². The first-order valence-corrected chi connectivity index (χ1v) is 4.43. The molecule has 0 aromatic rings. The van der Waals surface area contributed by atoms with E-state index in [9.17, 15) is 0 Å². The molecule has 0 aliphatic heterocycles. The Balaban J connectivity index is 2.65. The molecule has 1 aliphatic rings. The van der Waals surface area contributed by atoms with Crippen molar-refractivity contribution in [2.75, 3.05) is 0 Å². The maximum atomic E-state index is 4.03. The van der Waals surface area contributed by atoms with E-state index in [0.717, 1.165) is 11.8 Å². The Bertz CT molecular complexity index is 156. The summed E-state index contributed by atoms with van der Waals surface area (Å²) in [5.74, 6) is 1.46. The van der Waals surface area contributed by atoms with Crippen LogP contribution in [0.1, 0.15) is 33.1 Å². The molecule has 0 aromatic heterocycles. The zero-order valence-electron chi connectivity index (χ0n) is 7.69. The molecule has 0 radical (unpaired) electrons. The topological polar surface area (TPSA) is 0 Å². The third-order valence-corrected chi connectivity index (χ3v) is 2.78. The van der Waals surface area contributed by atoms with Gasteiger partial charge in [0.25, 0.3) is 0 Å². The number of rotatable bonds is 2. The SMILES string of the molecule is C=C(C)C1CCCC1C(=C)C. The second kappa shape index (κ2) is 3.25. The van der Waals surface area contributed by atoms with E-state index in [1.54, 1.807) is 0 Å². The minimum atomic E-state index is 0.729. The molecule has 1 aliphatic carbocycles. The van der Waals surface area contributed by atoms with E-state index in [2.05, 4.69) is 27.0 Å². The Hall–Kier alpha value is -0.520. The zero-order chi connectivity index (χ0) is 8.43. The lowest BCUT2D eigenvalue weighted by molar-refractivity contribution is 0.506. The molecule has 11 heavy (non-hydrogen) atoms. The fraction of sp³-hybridized carbons (Fsp3) is 0.636. The molecule has 0 spiro atoms. The number of allylic oxidation sites excluding steroid dienone is 2. The summed E-state index contributed by atoms with van der Waals surface area (Å²) in [4.78, 5) is 0. The van der Waals surface area contributed by atoms with E-state index in [-0.39, 0.29) is 0 Å². The van der Waals surface area contributed by atoms with Gasteiger partial charge in [0.15, 0.2) is 0 Å². The van der Waals surface area contributed by atoms with Crippen molar-refractivity contribution in [3.63, 3.8) is 0 Å². The van der Waals surface area contributed by atoms with Gasteiger partial charge in [0.05, 0.1) is 0 Å². The van der Waals surface area contributed by atoms with Gasteiger partial charge < -0.3 is 0 Å². The molecule has 2 atom stereocenters. The summed E-state index contributed by atoms with van der Waals surface area (Å²) in [6.45, 7) is 12.3. The van der Waals surface area contributed by atoms with Gasteiger partial charge in [-0.3, -0.25) is 0 Å². The number of hydrogen-bond acceptors (Lipinski definition) is 0. The van der Waals surface area contributed by atoms with Crippen LogP contribution in [0.15, 0.2) is 24.3 Å². The van der Waals surface area contributed by atoms with Gasteiger partial charge in [-0.2, -0.15) is 0 Å². The minimum absolute atomic E-state index is 0.729. The lowest BCUT2D eigenvalue weighted by atomic mass is 9.86. The molecule has 62 valence electrons. The molecule has 1 saturated carbocycles. The van der Waals surface area contributed by atoms with Crippen LogP contribution in [0.4, 0.5) is 0 Å². The Kier molecular flexibility index (Phi) is 2.53. The standard InChI is InChI=1S/C11H18/c1-8(2)10-6-5-7-11(10)9(3)4/h10-11H,1,3,5-7H2,2,4H3. The predicted octanol–water partition coefficient (Wildman–Crippen LogP) is 3.55. The summed E-state index contributed by atoms with van der Waals surface area (Å²) in [6.07, 6.45) is 4.01. The van der Waals surface area contributed by atoms with Crippen LogP contribution in [-0.4, -0.2) is 0 Å². The second-order valence-electron chi connectivity index (χ2n) is 3.84. The van der Waals surface area contributed by atoms with Crippen molar-refractivity contribution in [2.24, 2.45) is 11.8 Å². The lowest BCUT2D eigenvalue weighted by Crippen LogP contribution is -2.08. The molecule has 0 saturated heterocycles. The molecule has 0 heteroatoms. The van der Waals surface area contributed by atoms with Crippen LogP contribution in [0.5, 0.6) is 0 Å². The molecule has 1 rings (SSSR count). The van der Waals surface area contributed by atoms with Gasteiger partial charge in [0, 0.05) is 0 Å². The quantitative estimate of drug-likeness (QED) is 0.528. The fourth-order valence-corrected chi connectivity index (χ4v) is 2.14. The van der Waals surface area contributed by atoms with E-state index in [0.29, 0.717) is 0 Å². The molecule has 0 aromatic carbocycles. The first kappa shape index (κ1) is 8.58. The Labute approximate surface area is 70.0 Å². The van der Waals surface area contributed by atoms with Crippen LogP contribution >= 0.6 is 0 Å². The van der Waals surface area contributed by atoms with E-state index in [1.807, 2.05) is 0 Å². The van der Waals surface area contributed by atoms with E-state index < -0.39 is 0 Å². The Morgan fingerprint density at radius 3 is 1.64 bits per heavy atom. The molecular weight excluding hydrogens is 132 g/mol. The summed E-state index contributed by atoms with van der Waals surface area (Å²) in [6, 6.07) is 0. The van der Waals surface area contributed by atoms with Crippen molar-refractivity contribution in [2.45, 2.75) is 33.1 Å². The van der Waals surface area contributed by atoms with Crippen LogP contribution in [-0.2, 0) is 0 Å². The normalized spacial score (nSPS) is 30.4. The molecule has 0 bridgehead atoms. The first-order valence-electron chi connectivity index (χ1n) is 4.43. The summed E-state index contributed by atoms with van der Waals surface area (Å²) >= 11 is 0. The molecule has 0 amide bonds. The number of hydrogen-bond donors (Lipinski definition) is 0. The average Bonchev–Trinajstić information content (AvgIpc) is 2.32. The third-order valence-electron chi connectivity index (χ3n) is 2.78. The summed E-state index contributed by atoms with van der Waals surface area (Å²) in [5, 5.41) is 0. The fourth-order valence-electron chi connectivity index (χ4n) is 2.14. The van der Waals surface area contributed by atoms with Gasteiger partial charge in [-0.05, 0) is 38.5 Å². The van der Waals surface area contributed by atoms with Crippen LogP contribution in [0.2, 0.25) is 0 Å². The molecule has 0 heterocycles. The average molecular weight is 150 g/mol. The lowest BCUT2D eigenvalue weighted by Gasteiger charge is -2.19. The Morgan fingerprint density at radius 1 is 1.00 bits per heavy atom. The van der Waals surface area contributed by atoms with Crippen molar-refractivity contribution >= 4 is 0 Å². The maximum absolute atomic E-state index is 4.03. The van der Waals surface area contributed by atoms with Crippen LogP contribution in [0.25, 0.3) is 0 Å². The Morgan fingerprint density at radius 2 is 1.36 bits per heavy atom. The largest absolute Gasteiger partial charge is 0.0998 e. The molecule has 0 nitrogen and oxygen atoms in total. The summed E-state index contributed by atoms with van der Waals surface area (Å²) in [5.41, 5.74) is 2.69. The molecule has 1 fully saturated rings.